The third-order valence-electron chi connectivity index (χ3n) is 2.94. The Morgan fingerprint density at radius 1 is 1.09 bits per heavy atom. The highest BCUT2D eigenvalue weighted by Crippen LogP contribution is 2.29. The molecule has 0 aromatic heterocycles. The minimum Gasteiger partial charge on any atom is -0.493 e. The Morgan fingerprint density at radius 2 is 1.74 bits per heavy atom. The first kappa shape index (κ1) is 21.8. The molecule has 0 fully saturated rings. The predicted molar refractivity (Wildman–Crippen MR) is 108 cm³/mol. The molecule has 0 unspecified atom stereocenters. The van der Waals surface area contributed by atoms with Crippen LogP contribution in [0, 0.1) is 0 Å². The highest BCUT2D eigenvalue weighted by Gasteiger charge is 2.08. The molecule has 132 valence electrons. The van der Waals surface area contributed by atoms with Crippen molar-refractivity contribution in [3.8, 4) is 11.5 Å². The first-order chi connectivity index (χ1) is 10.4. The summed E-state index contributed by atoms with van der Waals surface area (Å²) in [5, 5.41) is 9.91. The molecule has 1 rings (SSSR count). The summed E-state index contributed by atoms with van der Waals surface area (Å²) in [5.41, 5.74) is 0.997. The first-order valence-corrected chi connectivity index (χ1v) is 7.34. The van der Waals surface area contributed by atoms with Gasteiger partial charge in [-0.15, -0.1) is 24.0 Å². The molecule has 0 heterocycles. The van der Waals surface area contributed by atoms with Crippen molar-refractivity contribution >= 4 is 35.6 Å². The number of ether oxygens (including phenoxy) is 2. The Bertz CT molecular complexity index is 501. The summed E-state index contributed by atoms with van der Waals surface area (Å²) in [6.45, 7) is 8.07. The molecule has 0 radical (unpaired) electrons. The van der Waals surface area contributed by atoms with Crippen LogP contribution in [0.15, 0.2) is 23.2 Å². The van der Waals surface area contributed by atoms with Crippen LogP contribution in [0.5, 0.6) is 11.5 Å². The number of halogens is 1. The Morgan fingerprint density at radius 3 is 2.26 bits per heavy atom. The van der Waals surface area contributed by atoms with Gasteiger partial charge in [0.2, 0.25) is 0 Å². The number of nitrogens with one attached hydrogen (secondary N) is 3. The van der Waals surface area contributed by atoms with Crippen LogP contribution in [0.4, 0.5) is 5.69 Å². The average Bonchev–Trinajstić information content (AvgIpc) is 2.49. The van der Waals surface area contributed by atoms with Gasteiger partial charge < -0.3 is 25.4 Å². The Kier molecular flexibility index (Phi) is 9.98. The van der Waals surface area contributed by atoms with Crippen molar-refractivity contribution in [2.75, 3.05) is 39.7 Å². The molecule has 0 aliphatic heterocycles. The van der Waals surface area contributed by atoms with Crippen LogP contribution in [0.2, 0.25) is 0 Å². The van der Waals surface area contributed by atoms with Gasteiger partial charge in [0.05, 0.1) is 14.2 Å². The molecular formula is C16H29IN4O2. The molecule has 23 heavy (non-hydrogen) atoms. The number of guanidine groups is 1. The second-order valence-corrected chi connectivity index (χ2v) is 5.87. The summed E-state index contributed by atoms with van der Waals surface area (Å²) in [4.78, 5) is 4.21. The van der Waals surface area contributed by atoms with E-state index in [0.717, 1.165) is 18.8 Å². The van der Waals surface area contributed by atoms with E-state index in [1.54, 1.807) is 21.3 Å². The van der Waals surface area contributed by atoms with Gasteiger partial charge in [-0.1, -0.05) is 0 Å². The lowest BCUT2D eigenvalue weighted by Gasteiger charge is -2.21. The summed E-state index contributed by atoms with van der Waals surface area (Å²) in [7, 11) is 4.98. The van der Waals surface area contributed by atoms with Gasteiger partial charge in [0.25, 0.3) is 0 Å². The maximum absolute atomic E-state index is 5.29. The zero-order valence-electron chi connectivity index (χ0n) is 14.8. The molecule has 1 aromatic carbocycles. The quantitative estimate of drug-likeness (QED) is 0.277. The van der Waals surface area contributed by atoms with E-state index in [4.69, 9.17) is 9.47 Å². The highest BCUT2D eigenvalue weighted by molar-refractivity contribution is 14.0. The van der Waals surface area contributed by atoms with Crippen LogP contribution in [0.25, 0.3) is 0 Å². The van der Waals surface area contributed by atoms with Crippen LogP contribution in [-0.2, 0) is 0 Å². The smallest absolute Gasteiger partial charge is 0.195 e. The van der Waals surface area contributed by atoms with E-state index < -0.39 is 0 Å². The highest BCUT2D eigenvalue weighted by atomic mass is 127. The Hall–Kier alpha value is -1.22. The van der Waals surface area contributed by atoms with Crippen LogP contribution in [0.3, 0.4) is 0 Å². The third-order valence-corrected chi connectivity index (χ3v) is 2.94. The fraction of sp³-hybridized carbons (Fsp3) is 0.562. The molecule has 7 heteroatoms. The van der Waals surface area contributed by atoms with E-state index in [0.29, 0.717) is 17.5 Å². The monoisotopic (exact) mass is 436 g/mol. The molecule has 1 aromatic rings. The van der Waals surface area contributed by atoms with Gasteiger partial charge in [-0.3, -0.25) is 4.99 Å². The van der Waals surface area contributed by atoms with Gasteiger partial charge in [-0.2, -0.15) is 0 Å². The van der Waals surface area contributed by atoms with Crippen molar-refractivity contribution in [3.05, 3.63) is 18.2 Å². The topological polar surface area (TPSA) is 66.9 Å². The van der Waals surface area contributed by atoms with Gasteiger partial charge in [-0.05, 0) is 32.9 Å². The van der Waals surface area contributed by atoms with Crippen LogP contribution >= 0.6 is 24.0 Å². The summed E-state index contributed by atoms with van der Waals surface area (Å²) >= 11 is 0. The summed E-state index contributed by atoms with van der Waals surface area (Å²) in [5.74, 6) is 2.09. The van der Waals surface area contributed by atoms with Gasteiger partial charge in [-0.25, -0.2) is 0 Å². The lowest BCUT2D eigenvalue weighted by atomic mass is 10.1. The molecule has 3 N–H and O–H groups in total. The van der Waals surface area contributed by atoms with Crippen LogP contribution in [0.1, 0.15) is 20.8 Å². The van der Waals surface area contributed by atoms with Gasteiger partial charge in [0.15, 0.2) is 17.5 Å². The van der Waals surface area contributed by atoms with Crippen molar-refractivity contribution in [1.29, 1.82) is 0 Å². The predicted octanol–water partition coefficient (Wildman–Crippen LogP) is 2.70. The van der Waals surface area contributed by atoms with Crippen molar-refractivity contribution < 1.29 is 9.47 Å². The molecule has 6 nitrogen and oxygen atoms in total. The van der Waals surface area contributed by atoms with E-state index in [1.807, 2.05) is 18.2 Å². The molecule has 0 amide bonds. The maximum atomic E-state index is 5.29. The van der Waals surface area contributed by atoms with E-state index in [-0.39, 0.29) is 29.5 Å². The lowest BCUT2D eigenvalue weighted by molar-refractivity contribution is 0.355. The van der Waals surface area contributed by atoms with E-state index in [9.17, 15) is 0 Å². The number of hydrogen-bond acceptors (Lipinski definition) is 4. The second kappa shape index (κ2) is 10.5. The number of benzene rings is 1. The minimum absolute atomic E-state index is 0. The zero-order valence-corrected chi connectivity index (χ0v) is 17.1. The Labute approximate surface area is 156 Å². The van der Waals surface area contributed by atoms with Crippen molar-refractivity contribution in [2.24, 2.45) is 4.99 Å². The molecule has 0 bridgehead atoms. The summed E-state index contributed by atoms with van der Waals surface area (Å²) in [6.07, 6.45) is 0. The average molecular weight is 436 g/mol. The standard InChI is InChI=1S/C16H28N4O2.HI/c1-16(2,3)19-10-9-18-15(17-4)20-12-7-8-13(21-5)14(11-12)22-6;/h7-8,11,19H,9-10H2,1-6H3,(H2,17,18,20);1H. The van der Waals surface area contributed by atoms with Gasteiger partial charge in [0.1, 0.15) is 0 Å². The lowest BCUT2D eigenvalue weighted by Crippen LogP contribution is -2.42. The molecule has 0 aliphatic carbocycles. The van der Waals surface area contributed by atoms with Crippen molar-refractivity contribution in [1.82, 2.24) is 10.6 Å². The van der Waals surface area contributed by atoms with Crippen molar-refractivity contribution in [3.63, 3.8) is 0 Å². The largest absolute Gasteiger partial charge is 0.493 e. The fourth-order valence-electron chi connectivity index (χ4n) is 1.85. The molecule has 0 saturated carbocycles. The van der Waals surface area contributed by atoms with Gasteiger partial charge >= 0.3 is 0 Å². The van der Waals surface area contributed by atoms with E-state index in [2.05, 4.69) is 41.7 Å². The van der Waals surface area contributed by atoms with E-state index >= 15 is 0 Å². The normalized spacial score (nSPS) is 11.5. The molecule has 0 aliphatic rings. The summed E-state index contributed by atoms with van der Waals surface area (Å²) < 4.78 is 10.5. The number of methoxy groups -OCH3 is 2. The number of aliphatic imine (C=N–C) groups is 1. The number of hydrogen-bond donors (Lipinski definition) is 3. The summed E-state index contributed by atoms with van der Waals surface area (Å²) in [6, 6.07) is 5.65. The van der Waals surface area contributed by atoms with Crippen LogP contribution < -0.4 is 25.4 Å². The van der Waals surface area contributed by atoms with Gasteiger partial charge in [0, 0.05) is 37.4 Å². The minimum atomic E-state index is 0. The number of rotatable bonds is 6. The first-order valence-electron chi connectivity index (χ1n) is 7.34. The Balaban J connectivity index is 0.00000484. The maximum Gasteiger partial charge on any atom is 0.195 e. The zero-order chi connectivity index (χ0) is 16.6. The fourth-order valence-corrected chi connectivity index (χ4v) is 1.85. The molecular weight excluding hydrogens is 407 g/mol. The van der Waals surface area contributed by atoms with Crippen LogP contribution in [-0.4, -0.2) is 45.9 Å². The molecule has 0 saturated heterocycles. The third kappa shape index (κ3) is 8.26. The number of nitrogens with zero attached hydrogens (tertiary/aromatic N) is 1. The SMILES string of the molecule is CN=C(NCCNC(C)(C)C)Nc1ccc(OC)c(OC)c1.I. The molecule has 0 spiro atoms. The number of anilines is 1. The van der Waals surface area contributed by atoms with E-state index in [1.165, 1.54) is 0 Å². The second-order valence-electron chi connectivity index (χ2n) is 5.87. The van der Waals surface area contributed by atoms with Crippen molar-refractivity contribution in [2.45, 2.75) is 26.3 Å². The molecule has 0 atom stereocenters.